The topological polar surface area (TPSA) is 204 Å². The normalized spacial score (nSPS) is 45.6. The van der Waals surface area contributed by atoms with Gasteiger partial charge in [0.15, 0.2) is 18.7 Å². The monoisotopic (exact) mass is 425 g/mol. The summed E-state index contributed by atoms with van der Waals surface area (Å²) >= 11 is 0. The van der Waals surface area contributed by atoms with Crippen LogP contribution in [0.15, 0.2) is 0 Å². The summed E-state index contributed by atoms with van der Waals surface area (Å²) < 4.78 is 20.8. The predicted octanol–water partition coefficient (Wildman–Crippen LogP) is -4.12. The van der Waals surface area contributed by atoms with Crippen molar-refractivity contribution in [2.45, 2.75) is 74.7 Å². The lowest BCUT2D eigenvalue weighted by Gasteiger charge is -2.49. The molecule has 0 saturated carbocycles. The van der Waals surface area contributed by atoms with Crippen molar-refractivity contribution < 1.29 is 59.2 Å². The van der Waals surface area contributed by atoms with Gasteiger partial charge in [-0.05, 0) is 6.92 Å². The summed E-state index contributed by atoms with van der Waals surface area (Å²) in [4.78, 5) is 23.1. The number of hydrogen-bond acceptors (Lipinski definition) is 11. The molecule has 2 fully saturated rings. The average Bonchev–Trinajstić information content (AvgIpc) is 2.64. The first-order valence-electron chi connectivity index (χ1n) is 8.82. The maximum absolute atomic E-state index is 11.6. The Balaban J connectivity index is 2.33. The first-order valence-corrected chi connectivity index (χ1v) is 8.82. The maximum Gasteiger partial charge on any atom is 0.335 e. The Morgan fingerprint density at radius 1 is 1.14 bits per heavy atom. The Morgan fingerprint density at radius 2 is 1.76 bits per heavy atom. The summed E-state index contributed by atoms with van der Waals surface area (Å²) in [5.74, 6) is -2.17. The first-order chi connectivity index (χ1) is 13.4. The molecule has 2 rings (SSSR count). The van der Waals surface area contributed by atoms with Crippen molar-refractivity contribution in [3.63, 3.8) is 0 Å². The Bertz CT molecular complexity index is 600. The molecule has 2 aliphatic heterocycles. The highest BCUT2D eigenvalue weighted by Crippen LogP contribution is 2.33. The van der Waals surface area contributed by atoms with E-state index in [1.165, 1.54) is 6.92 Å². The molecular formula is C16H27NO12. The van der Waals surface area contributed by atoms with Crippen LogP contribution in [0.2, 0.25) is 0 Å². The SMILES string of the molecule is COC1OC(C(=O)O)C(OC2OC(CO)C(C)(O)C(O)C2NC(C)=O)C(O)C1O. The van der Waals surface area contributed by atoms with Crippen LogP contribution in [0.1, 0.15) is 13.8 Å². The largest absolute Gasteiger partial charge is 0.479 e. The number of amides is 1. The highest BCUT2D eigenvalue weighted by molar-refractivity contribution is 5.74. The number of rotatable bonds is 6. The number of ether oxygens (including phenoxy) is 4. The molecule has 2 aliphatic rings. The lowest BCUT2D eigenvalue weighted by atomic mass is 9.84. The van der Waals surface area contributed by atoms with E-state index in [1.54, 1.807) is 0 Å². The summed E-state index contributed by atoms with van der Waals surface area (Å²) in [6, 6.07) is -1.40. The second kappa shape index (κ2) is 9.16. The molecular weight excluding hydrogens is 398 g/mol. The number of hydrogen-bond donors (Lipinski definition) is 7. The van der Waals surface area contributed by atoms with Crippen LogP contribution in [0.5, 0.6) is 0 Å². The van der Waals surface area contributed by atoms with Gasteiger partial charge in [-0.15, -0.1) is 0 Å². The predicted molar refractivity (Wildman–Crippen MR) is 90.2 cm³/mol. The standard InChI is InChI=1S/C16H27NO12/c1-5(19)17-7-12(22)16(2,25)6(4-18)27-14(7)28-10-8(20)9(21)15(26-3)29-11(10)13(23)24/h6-12,14-15,18,20-22,25H,4H2,1-3H3,(H,17,19)(H,23,24). The maximum atomic E-state index is 11.6. The first kappa shape index (κ1) is 23.9. The van der Waals surface area contributed by atoms with Gasteiger partial charge >= 0.3 is 5.97 Å². The van der Waals surface area contributed by atoms with Crippen LogP contribution >= 0.6 is 0 Å². The lowest BCUT2D eigenvalue weighted by Crippen LogP contribution is -2.71. The minimum absolute atomic E-state index is 0.626. The van der Waals surface area contributed by atoms with Gasteiger partial charge in [0.1, 0.15) is 42.2 Å². The van der Waals surface area contributed by atoms with Crippen LogP contribution < -0.4 is 5.32 Å². The number of aliphatic hydroxyl groups excluding tert-OH is 4. The Hall–Kier alpha value is -1.42. The van der Waals surface area contributed by atoms with Gasteiger partial charge in [-0.1, -0.05) is 0 Å². The quantitative estimate of drug-likeness (QED) is 0.217. The van der Waals surface area contributed by atoms with Gasteiger partial charge in [0.25, 0.3) is 0 Å². The molecule has 2 heterocycles. The van der Waals surface area contributed by atoms with Crippen molar-refractivity contribution in [1.82, 2.24) is 5.32 Å². The average molecular weight is 425 g/mol. The zero-order valence-corrected chi connectivity index (χ0v) is 16.0. The van der Waals surface area contributed by atoms with Gasteiger partial charge in [-0.25, -0.2) is 4.79 Å². The molecule has 168 valence electrons. The summed E-state index contributed by atoms with van der Waals surface area (Å²) in [6.07, 6.45) is -13.1. The lowest BCUT2D eigenvalue weighted by molar-refractivity contribution is -0.348. The molecule has 10 atom stereocenters. The van der Waals surface area contributed by atoms with E-state index in [1.807, 2.05) is 0 Å². The third kappa shape index (κ3) is 4.68. The molecule has 0 aromatic rings. The number of carbonyl (C=O) groups excluding carboxylic acids is 1. The third-order valence-electron chi connectivity index (χ3n) is 5.03. The molecule has 0 aliphatic carbocycles. The van der Waals surface area contributed by atoms with Crippen molar-refractivity contribution in [3.8, 4) is 0 Å². The van der Waals surface area contributed by atoms with Gasteiger partial charge in [-0.2, -0.15) is 0 Å². The number of carboxylic acids is 1. The van der Waals surface area contributed by atoms with Gasteiger partial charge < -0.3 is 54.9 Å². The minimum atomic E-state index is -1.99. The number of nitrogens with one attached hydrogen (secondary N) is 1. The second-order valence-electron chi connectivity index (χ2n) is 7.15. The van der Waals surface area contributed by atoms with Crippen molar-refractivity contribution in [2.24, 2.45) is 0 Å². The molecule has 0 spiro atoms. The van der Waals surface area contributed by atoms with E-state index in [0.29, 0.717) is 0 Å². The van der Waals surface area contributed by atoms with Crippen molar-refractivity contribution >= 4 is 11.9 Å². The van der Waals surface area contributed by atoms with Gasteiger partial charge in [0.2, 0.25) is 5.91 Å². The number of carbonyl (C=O) groups is 2. The fourth-order valence-corrected chi connectivity index (χ4v) is 3.35. The Morgan fingerprint density at radius 3 is 2.24 bits per heavy atom. The summed E-state index contributed by atoms with van der Waals surface area (Å²) in [5, 5.41) is 62.6. The van der Waals surface area contributed by atoms with Crippen LogP contribution in [0, 0.1) is 0 Å². The molecule has 0 radical (unpaired) electrons. The molecule has 2 saturated heterocycles. The molecule has 29 heavy (non-hydrogen) atoms. The molecule has 13 nitrogen and oxygen atoms in total. The number of aliphatic carboxylic acids is 1. The van der Waals surface area contributed by atoms with Crippen LogP contribution in [-0.2, 0) is 28.5 Å². The van der Waals surface area contributed by atoms with Crippen LogP contribution in [-0.4, -0.2) is 117 Å². The van der Waals surface area contributed by atoms with Gasteiger partial charge in [0, 0.05) is 14.0 Å². The highest BCUT2D eigenvalue weighted by atomic mass is 16.7. The van der Waals surface area contributed by atoms with Crippen molar-refractivity contribution in [3.05, 3.63) is 0 Å². The molecule has 13 heteroatoms. The van der Waals surface area contributed by atoms with E-state index in [9.17, 15) is 40.2 Å². The van der Waals surface area contributed by atoms with E-state index >= 15 is 0 Å². The fraction of sp³-hybridized carbons (Fsp3) is 0.875. The molecule has 7 N–H and O–H groups in total. The second-order valence-corrected chi connectivity index (χ2v) is 7.15. The van der Waals surface area contributed by atoms with Crippen LogP contribution in [0.4, 0.5) is 0 Å². The zero-order valence-electron chi connectivity index (χ0n) is 16.0. The smallest absolute Gasteiger partial charge is 0.335 e. The van der Waals surface area contributed by atoms with Crippen LogP contribution in [0.25, 0.3) is 0 Å². The van der Waals surface area contributed by atoms with Gasteiger partial charge in [-0.3, -0.25) is 4.79 Å². The van der Waals surface area contributed by atoms with E-state index in [4.69, 9.17) is 18.9 Å². The number of aliphatic hydroxyl groups is 5. The van der Waals surface area contributed by atoms with E-state index in [0.717, 1.165) is 14.0 Å². The summed E-state index contributed by atoms with van der Waals surface area (Å²) in [6.45, 7) is 1.56. The Labute approximate surface area is 165 Å². The summed E-state index contributed by atoms with van der Waals surface area (Å²) in [5.41, 5.74) is -1.99. The zero-order chi connectivity index (χ0) is 22.1. The molecule has 0 aromatic heterocycles. The van der Waals surface area contributed by atoms with E-state index in [-0.39, 0.29) is 0 Å². The third-order valence-corrected chi connectivity index (χ3v) is 5.03. The fourth-order valence-electron chi connectivity index (χ4n) is 3.35. The van der Waals surface area contributed by atoms with Gasteiger partial charge in [0.05, 0.1) is 6.61 Å². The Kier molecular flexibility index (Phi) is 7.53. The molecule has 1 amide bonds. The van der Waals surface area contributed by atoms with Crippen LogP contribution in [0.3, 0.4) is 0 Å². The molecule has 0 aromatic carbocycles. The molecule has 10 unspecified atom stereocenters. The van der Waals surface area contributed by atoms with Crippen molar-refractivity contribution in [1.29, 1.82) is 0 Å². The highest BCUT2D eigenvalue weighted by Gasteiger charge is 2.56. The molecule has 0 bridgehead atoms. The minimum Gasteiger partial charge on any atom is -0.479 e. The van der Waals surface area contributed by atoms with Crippen molar-refractivity contribution in [2.75, 3.05) is 13.7 Å². The van der Waals surface area contributed by atoms with E-state index < -0.39 is 79.3 Å². The number of carboxylic acid groups (broad SMARTS) is 1. The summed E-state index contributed by atoms with van der Waals surface area (Å²) in [7, 11) is 1.14. The van der Waals surface area contributed by atoms with E-state index in [2.05, 4.69) is 5.32 Å². The number of methoxy groups -OCH3 is 1.